The van der Waals surface area contributed by atoms with Gasteiger partial charge in [0.2, 0.25) is 0 Å². The van der Waals surface area contributed by atoms with Gasteiger partial charge in [-0.2, -0.15) is 0 Å². The molecule has 0 aliphatic carbocycles. The molecule has 8 heavy (non-hydrogen) atoms. The average molecular weight is 243 g/mol. The van der Waals surface area contributed by atoms with E-state index >= 15 is 0 Å². The van der Waals surface area contributed by atoms with Crippen LogP contribution in [0.1, 0.15) is 1.43 Å². The van der Waals surface area contributed by atoms with Crippen LogP contribution >= 0.6 is 0 Å². The zero-order valence-corrected chi connectivity index (χ0v) is 7.03. The molecule has 2 N–H and O–H groups in total. The Balaban J connectivity index is -0.0000000133. The van der Waals surface area contributed by atoms with Crippen LogP contribution in [0.3, 0.4) is 0 Å². The first-order valence-electron chi connectivity index (χ1n) is 0.647. The van der Waals surface area contributed by atoms with Crippen molar-refractivity contribution in [2.75, 3.05) is 0 Å². The molecule has 0 heterocycles. The Morgan fingerprint density at radius 3 is 1.25 bits per heavy atom. The van der Waals surface area contributed by atoms with Gasteiger partial charge in [0.1, 0.15) is 0 Å². The first-order chi connectivity index (χ1) is 2.00. The minimum atomic E-state index is -5.12. The molecule has 53 valence electrons. The van der Waals surface area contributed by atoms with E-state index < -0.39 is 13.4 Å². The molecule has 0 radical (unpaired) electrons. The van der Waals surface area contributed by atoms with Crippen molar-refractivity contribution in [2.45, 2.75) is 0 Å². The van der Waals surface area contributed by atoms with Crippen molar-refractivity contribution in [2.24, 2.45) is 0 Å². The van der Waals surface area contributed by atoms with Crippen LogP contribution in [0.4, 0.5) is 0 Å². The normalized spacial score (nSPS) is 7.25. The van der Waals surface area contributed by atoms with Crippen LogP contribution in [0.25, 0.3) is 0 Å². The Kier molecular flexibility index (Phi) is 24.5. The summed E-state index contributed by atoms with van der Waals surface area (Å²) in [6.07, 6.45) is 0. The van der Waals surface area contributed by atoms with Crippen LogP contribution < -0.4 is 18.9 Å². The standard InChI is InChI=1S/Fe.Li.Mn.Ni.2H2O.2O.H/h;;;;2*1H2;;;/q;+1;+2;;;;;;-1/p-2. The molecular weight excluding hydrogens is 240 g/mol. The number of rotatable bonds is 0. The molecule has 0 saturated carbocycles. The Morgan fingerprint density at radius 1 is 1.25 bits per heavy atom. The van der Waals surface area contributed by atoms with Crippen LogP contribution in [-0.2, 0) is 54.6 Å². The fourth-order valence-electron chi connectivity index (χ4n) is 0. The Hall–Kier alpha value is 1.65. The van der Waals surface area contributed by atoms with Crippen molar-refractivity contribution in [3.05, 3.63) is 0 Å². The Bertz CT molecular complexity index is 104. The third-order valence-electron chi connectivity index (χ3n) is 0. The molecule has 0 saturated heterocycles. The first-order valence-corrected chi connectivity index (χ1v) is 2.67. The van der Waals surface area contributed by atoms with E-state index in [0.717, 1.165) is 0 Å². The molecule has 0 aliphatic heterocycles. The van der Waals surface area contributed by atoms with E-state index in [-0.39, 0.29) is 53.8 Å². The molecule has 0 amide bonds. The second-order valence-corrected chi connectivity index (χ2v) is 1.71. The first kappa shape index (κ1) is 22.6. The topological polar surface area (TPSA) is 74.6 Å². The summed E-state index contributed by atoms with van der Waals surface area (Å²) in [7, 11) is 0. The van der Waals surface area contributed by atoms with Crippen molar-refractivity contribution in [3.63, 3.8) is 0 Å². The summed E-state index contributed by atoms with van der Waals surface area (Å²) in [5.41, 5.74) is 0. The molecule has 0 fully saturated rings. The van der Waals surface area contributed by atoms with E-state index in [1.54, 1.807) is 0 Å². The predicted molar refractivity (Wildman–Crippen MR) is 6.92 cm³/mol. The van der Waals surface area contributed by atoms with E-state index in [9.17, 15) is 0 Å². The molecule has 0 aromatic heterocycles. The summed E-state index contributed by atoms with van der Waals surface area (Å²) >= 11 is -5.12. The van der Waals surface area contributed by atoms with Gasteiger partial charge in [0.05, 0.1) is 0 Å². The van der Waals surface area contributed by atoms with Crippen molar-refractivity contribution in [1.82, 2.24) is 0 Å². The van der Waals surface area contributed by atoms with Gasteiger partial charge in [0.25, 0.3) is 0 Å². The minimum absolute atomic E-state index is 0. The molecule has 0 aromatic rings. The fraction of sp³-hybridized carbons (Fsp3) is 0. The van der Waals surface area contributed by atoms with Crippen molar-refractivity contribution >= 4 is 0 Å². The Morgan fingerprint density at radius 2 is 1.25 bits per heavy atom. The number of hydrogen-bond acceptors (Lipinski definition) is 2. The van der Waals surface area contributed by atoms with E-state index in [4.69, 9.17) is 16.0 Å². The molecule has 4 nitrogen and oxygen atoms in total. The molecule has 0 bridgehead atoms. The van der Waals surface area contributed by atoms with Crippen molar-refractivity contribution < 1.29 is 83.3 Å². The third kappa shape index (κ3) is 124. The SMILES string of the molecule is [Fe].[H-].[Li+].[Ni].[O]=[Mn](=[O])([OH])[OH]. The summed E-state index contributed by atoms with van der Waals surface area (Å²) in [5, 5.41) is 0. The van der Waals surface area contributed by atoms with Crippen LogP contribution in [0, 0.1) is 0 Å². The second-order valence-electron chi connectivity index (χ2n) is 0.415. The van der Waals surface area contributed by atoms with Gasteiger partial charge in [-0.3, -0.25) is 0 Å². The monoisotopic (exact) mass is 243 g/mol. The summed E-state index contributed by atoms with van der Waals surface area (Å²) in [5.74, 6) is 0. The van der Waals surface area contributed by atoms with Gasteiger partial charge in [0, 0.05) is 33.6 Å². The molecule has 0 spiro atoms. The average Bonchev–Trinajstić information content (AvgIpc) is 0.722. The molecule has 0 rings (SSSR count). The van der Waals surface area contributed by atoms with Gasteiger partial charge in [-0.25, -0.2) is 0 Å². The van der Waals surface area contributed by atoms with Crippen LogP contribution in [0.2, 0.25) is 0 Å². The van der Waals surface area contributed by atoms with E-state index in [2.05, 4.69) is 0 Å². The molecule has 0 aliphatic rings. The second kappa shape index (κ2) is 8.65. The van der Waals surface area contributed by atoms with Crippen LogP contribution in [-0.4, -0.2) is 8.38 Å². The van der Waals surface area contributed by atoms with Gasteiger partial charge in [-0.15, -0.1) is 0 Å². The van der Waals surface area contributed by atoms with Gasteiger partial charge in [-0.1, -0.05) is 0 Å². The molecule has 8 heteroatoms. The summed E-state index contributed by atoms with van der Waals surface area (Å²) in [6, 6.07) is 0. The van der Waals surface area contributed by atoms with Gasteiger partial charge in [0.15, 0.2) is 0 Å². The third-order valence-corrected chi connectivity index (χ3v) is 0. The van der Waals surface area contributed by atoms with E-state index in [1.807, 2.05) is 0 Å². The quantitative estimate of drug-likeness (QED) is 0.423. The molecular formula is H3FeLiMnNiO4. The van der Waals surface area contributed by atoms with Crippen molar-refractivity contribution in [3.8, 4) is 0 Å². The Labute approximate surface area is 82.8 Å². The van der Waals surface area contributed by atoms with Gasteiger partial charge < -0.3 is 1.43 Å². The summed E-state index contributed by atoms with van der Waals surface area (Å²) < 4.78 is 31.8. The maximum atomic E-state index is 8.80. The van der Waals surface area contributed by atoms with E-state index in [0.29, 0.717) is 0 Å². The van der Waals surface area contributed by atoms with Crippen LogP contribution in [0.5, 0.6) is 0 Å². The van der Waals surface area contributed by atoms with Gasteiger partial charge in [-0.05, 0) is 0 Å². The molecule has 0 unspecified atom stereocenters. The summed E-state index contributed by atoms with van der Waals surface area (Å²) in [6.45, 7) is 0. The zero-order chi connectivity index (χ0) is 4.50. The van der Waals surface area contributed by atoms with Gasteiger partial charge >= 0.3 is 48.3 Å². The molecule has 0 atom stereocenters. The summed E-state index contributed by atoms with van der Waals surface area (Å²) in [4.78, 5) is 0. The number of hydrogen-bond donors (Lipinski definition) is 2. The predicted octanol–water partition coefficient (Wildman–Crippen LogP) is -4.24. The maximum absolute atomic E-state index is 8.80. The van der Waals surface area contributed by atoms with E-state index in [1.165, 1.54) is 0 Å². The van der Waals surface area contributed by atoms with Crippen molar-refractivity contribution in [1.29, 1.82) is 0 Å². The molecule has 0 aromatic carbocycles. The van der Waals surface area contributed by atoms with Crippen LogP contribution in [0.15, 0.2) is 0 Å². The zero-order valence-electron chi connectivity index (χ0n) is 4.76. The fourth-order valence-corrected chi connectivity index (χ4v) is 0.